The van der Waals surface area contributed by atoms with Gasteiger partial charge in [0.15, 0.2) is 0 Å². The van der Waals surface area contributed by atoms with Crippen molar-refractivity contribution in [2.45, 2.75) is 51.1 Å². The standard InChI is InChI=1S/C15H20F3N3O2/c1-9(15(16,17)18)12(22)21-7-3-11(4-8-21)14(5-6-14)13-20-19-10(2)23-13/h9,11H,3-8H2,1-2H3/t9-/m0/s1. The van der Waals surface area contributed by atoms with Crippen LogP contribution in [-0.2, 0) is 10.2 Å². The second-order valence-corrected chi connectivity index (χ2v) is 6.65. The number of amides is 1. The summed E-state index contributed by atoms with van der Waals surface area (Å²) >= 11 is 0. The lowest BCUT2D eigenvalue weighted by molar-refractivity contribution is -0.186. The zero-order valence-electron chi connectivity index (χ0n) is 13.2. The second-order valence-electron chi connectivity index (χ2n) is 6.65. The van der Waals surface area contributed by atoms with E-state index in [0.29, 0.717) is 37.7 Å². The van der Waals surface area contributed by atoms with Crippen molar-refractivity contribution >= 4 is 5.91 Å². The van der Waals surface area contributed by atoms with E-state index < -0.39 is 18.0 Å². The van der Waals surface area contributed by atoms with Crippen molar-refractivity contribution in [2.75, 3.05) is 13.1 Å². The molecule has 1 aromatic rings. The summed E-state index contributed by atoms with van der Waals surface area (Å²) in [5, 5.41) is 8.00. The molecule has 1 amide bonds. The lowest BCUT2D eigenvalue weighted by Crippen LogP contribution is -2.46. The van der Waals surface area contributed by atoms with Gasteiger partial charge in [0.1, 0.15) is 5.92 Å². The smallest absolute Gasteiger partial charge is 0.400 e. The Labute approximate surface area is 132 Å². The molecule has 2 aliphatic rings. The first-order chi connectivity index (χ1) is 10.7. The first-order valence-electron chi connectivity index (χ1n) is 7.90. The SMILES string of the molecule is Cc1nnc(C2(C3CCN(C(=O)[C@H](C)C(F)(F)F)CC3)CC2)o1. The third-order valence-electron chi connectivity index (χ3n) is 5.19. The van der Waals surface area contributed by atoms with E-state index in [4.69, 9.17) is 4.42 Å². The van der Waals surface area contributed by atoms with Gasteiger partial charge < -0.3 is 9.32 Å². The molecule has 5 nitrogen and oxygen atoms in total. The molecule has 1 saturated carbocycles. The largest absolute Gasteiger partial charge is 0.425 e. The molecular weight excluding hydrogens is 311 g/mol. The fourth-order valence-electron chi connectivity index (χ4n) is 3.50. The van der Waals surface area contributed by atoms with Crippen LogP contribution in [0.3, 0.4) is 0 Å². The van der Waals surface area contributed by atoms with Crippen molar-refractivity contribution in [2.24, 2.45) is 11.8 Å². The number of carbonyl (C=O) groups is 1. The van der Waals surface area contributed by atoms with Crippen LogP contribution in [0.2, 0.25) is 0 Å². The molecule has 0 radical (unpaired) electrons. The van der Waals surface area contributed by atoms with E-state index in [1.807, 2.05) is 0 Å². The number of hydrogen-bond acceptors (Lipinski definition) is 4. The van der Waals surface area contributed by atoms with E-state index in [1.54, 1.807) is 6.92 Å². The van der Waals surface area contributed by atoms with Crippen LogP contribution in [0.15, 0.2) is 4.42 Å². The third-order valence-corrected chi connectivity index (χ3v) is 5.19. The van der Waals surface area contributed by atoms with Crippen molar-refractivity contribution in [3.63, 3.8) is 0 Å². The second kappa shape index (κ2) is 5.49. The summed E-state index contributed by atoms with van der Waals surface area (Å²) in [6.07, 6.45) is -1.19. The van der Waals surface area contributed by atoms with Gasteiger partial charge in [-0.1, -0.05) is 0 Å². The number of piperidine rings is 1. The number of halogens is 3. The van der Waals surface area contributed by atoms with Gasteiger partial charge in [-0.05, 0) is 38.5 Å². The van der Waals surface area contributed by atoms with E-state index >= 15 is 0 Å². The third kappa shape index (κ3) is 2.95. The van der Waals surface area contributed by atoms with Crippen LogP contribution >= 0.6 is 0 Å². The van der Waals surface area contributed by atoms with Gasteiger partial charge in [-0.15, -0.1) is 10.2 Å². The number of aromatic nitrogens is 2. The van der Waals surface area contributed by atoms with Crippen LogP contribution in [0.25, 0.3) is 0 Å². The number of likely N-dealkylation sites (tertiary alicyclic amines) is 1. The molecule has 0 bridgehead atoms. The Bertz CT molecular complexity index is 587. The molecule has 128 valence electrons. The van der Waals surface area contributed by atoms with E-state index in [2.05, 4.69) is 10.2 Å². The van der Waals surface area contributed by atoms with Gasteiger partial charge >= 0.3 is 6.18 Å². The summed E-state index contributed by atoms with van der Waals surface area (Å²) in [5.74, 6) is -1.31. The first kappa shape index (κ1) is 16.3. The van der Waals surface area contributed by atoms with Gasteiger partial charge in [-0.2, -0.15) is 13.2 Å². The average Bonchev–Trinajstić information content (AvgIpc) is 3.21. The molecule has 1 aliphatic carbocycles. The first-order valence-corrected chi connectivity index (χ1v) is 7.90. The van der Waals surface area contributed by atoms with Crippen molar-refractivity contribution in [3.8, 4) is 0 Å². The van der Waals surface area contributed by atoms with Crippen LogP contribution in [0, 0.1) is 18.8 Å². The lowest BCUT2D eigenvalue weighted by Gasteiger charge is -2.36. The maximum atomic E-state index is 12.7. The van der Waals surface area contributed by atoms with Crippen molar-refractivity contribution in [1.82, 2.24) is 15.1 Å². The molecule has 1 atom stereocenters. The number of rotatable bonds is 3. The van der Waals surface area contributed by atoms with E-state index in [-0.39, 0.29) is 11.3 Å². The summed E-state index contributed by atoms with van der Waals surface area (Å²) in [4.78, 5) is 13.3. The molecule has 1 aliphatic heterocycles. The summed E-state index contributed by atoms with van der Waals surface area (Å²) < 4.78 is 43.6. The summed E-state index contributed by atoms with van der Waals surface area (Å²) in [6, 6.07) is 0. The van der Waals surface area contributed by atoms with Gasteiger partial charge in [0, 0.05) is 20.0 Å². The highest BCUT2D eigenvalue weighted by atomic mass is 19.4. The molecule has 0 N–H and O–H groups in total. The normalized spacial score (nSPS) is 22.9. The summed E-state index contributed by atoms with van der Waals surface area (Å²) in [5.41, 5.74) is -0.119. The Kier molecular flexibility index (Phi) is 3.88. The molecule has 0 spiro atoms. The van der Waals surface area contributed by atoms with Crippen LogP contribution in [0.4, 0.5) is 13.2 Å². The van der Waals surface area contributed by atoms with Crippen LogP contribution in [0.5, 0.6) is 0 Å². The minimum atomic E-state index is -4.48. The summed E-state index contributed by atoms with van der Waals surface area (Å²) in [6.45, 7) is 3.39. The van der Waals surface area contributed by atoms with Crippen molar-refractivity contribution < 1.29 is 22.4 Å². The Morgan fingerprint density at radius 1 is 1.30 bits per heavy atom. The van der Waals surface area contributed by atoms with Gasteiger partial charge in [-0.25, -0.2) is 0 Å². The van der Waals surface area contributed by atoms with Crippen LogP contribution in [-0.4, -0.2) is 40.3 Å². The molecule has 1 aromatic heterocycles. The molecule has 0 aromatic carbocycles. The highest BCUT2D eigenvalue weighted by Gasteiger charge is 2.55. The van der Waals surface area contributed by atoms with Gasteiger partial charge in [0.05, 0.1) is 5.41 Å². The Balaban J connectivity index is 1.62. The molecule has 2 fully saturated rings. The molecule has 0 unspecified atom stereocenters. The number of aryl methyl sites for hydroxylation is 1. The van der Waals surface area contributed by atoms with E-state index in [1.165, 1.54) is 4.90 Å². The zero-order valence-corrected chi connectivity index (χ0v) is 13.2. The maximum Gasteiger partial charge on any atom is 0.400 e. The number of alkyl halides is 3. The number of carbonyl (C=O) groups excluding carboxylic acids is 1. The Morgan fingerprint density at radius 2 is 1.91 bits per heavy atom. The molecular formula is C15H20F3N3O2. The van der Waals surface area contributed by atoms with Crippen LogP contribution < -0.4 is 0 Å². The average molecular weight is 331 g/mol. The molecule has 1 saturated heterocycles. The molecule has 2 heterocycles. The molecule has 3 rings (SSSR count). The number of hydrogen-bond donors (Lipinski definition) is 0. The maximum absolute atomic E-state index is 12.7. The number of nitrogens with zero attached hydrogens (tertiary/aromatic N) is 3. The molecule has 8 heteroatoms. The summed E-state index contributed by atoms with van der Waals surface area (Å²) in [7, 11) is 0. The predicted octanol–water partition coefficient (Wildman–Crippen LogP) is 2.85. The van der Waals surface area contributed by atoms with Crippen LogP contribution in [0.1, 0.15) is 44.4 Å². The van der Waals surface area contributed by atoms with E-state index in [0.717, 1.165) is 19.8 Å². The highest BCUT2D eigenvalue weighted by molar-refractivity contribution is 5.79. The van der Waals surface area contributed by atoms with Crippen molar-refractivity contribution in [3.05, 3.63) is 11.8 Å². The fourth-order valence-corrected chi connectivity index (χ4v) is 3.50. The zero-order chi connectivity index (χ0) is 16.8. The van der Waals surface area contributed by atoms with Gasteiger partial charge in [-0.3, -0.25) is 4.79 Å². The highest BCUT2D eigenvalue weighted by Crippen LogP contribution is 2.56. The molecule has 23 heavy (non-hydrogen) atoms. The van der Waals surface area contributed by atoms with E-state index in [9.17, 15) is 18.0 Å². The predicted molar refractivity (Wildman–Crippen MR) is 74.5 cm³/mol. The quantitative estimate of drug-likeness (QED) is 0.854. The van der Waals surface area contributed by atoms with Gasteiger partial charge in [0.2, 0.25) is 17.7 Å². The Hall–Kier alpha value is -1.60. The van der Waals surface area contributed by atoms with Crippen molar-refractivity contribution in [1.29, 1.82) is 0 Å². The minimum absolute atomic E-state index is 0.119. The topological polar surface area (TPSA) is 59.2 Å². The monoisotopic (exact) mass is 331 g/mol. The minimum Gasteiger partial charge on any atom is -0.425 e. The lowest BCUT2D eigenvalue weighted by atomic mass is 9.81. The Morgan fingerprint density at radius 3 is 2.35 bits per heavy atom. The van der Waals surface area contributed by atoms with Gasteiger partial charge in [0.25, 0.3) is 0 Å². The fraction of sp³-hybridized carbons (Fsp3) is 0.800.